The van der Waals surface area contributed by atoms with Crippen LogP contribution in [0.1, 0.15) is 26.2 Å². The molecule has 1 aliphatic carbocycles. The summed E-state index contributed by atoms with van der Waals surface area (Å²) in [4.78, 5) is 25.4. The van der Waals surface area contributed by atoms with E-state index >= 15 is 0 Å². The van der Waals surface area contributed by atoms with E-state index in [-0.39, 0.29) is 42.2 Å². The van der Waals surface area contributed by atoms with Crippen molar-refractivity contribution in [3.8, 4) is 11.5 Å². The van der Waals surface area contributed by atoms with E-state index < -0.39 is 0 Å². The maximum Gasteiger partial charge on any atom is 0.250 e. The number of carbonyl (C=O) groups is 2. The number of ketones is 1. The number of anilines is 1. The number of nitrogens with one attached hydrogen (secondary N) is 1. The Morgan fingerprint density at radius 3 is 2.58 bits per heavy atom. The highest BCUT2D eigenvalue weighted by atomic mass is 16.5. The number of benzene rings is 3. The average molecular weight is 488 g/mol. The molecule has 1 amide bonds. The Bertz CT molecular complexity index is 1270. The van der Waals surface area contributed by atoms with Gasteiger partial charge < -0.3 is 24.3 Å². The molecule has 7 heteroatoms. The van der Waals surface area contributed by atoms with Crippen LogP contribution in [0.3, 0.4) is 0 Å². The molecule has 3 aromatic carbocycles. The van der Waals surface area contributed by atoms with Gasteiger partial charge in [0.25, 0.3) is 0 Å². The van der Waals surface area contributed by atoms with Crippen LogP contribution in [0, 0.1) is 5.92 Å². The molecule has 1 fully saturated rings. The lowest BCUT2D eigenvalue weighted by Gasteiger charge is -2.37. The summed E-state index contributed by atoms with van der Waals surface area (Å²) in [6, 6.07) is 20.9. The Morgan fingerprint density at radius 1 is 1.00 bits per heavy atom. The summed E-state index contributed by atoms with van der Waals surface area (Å²) in [6.45, 7) is 2.45. The molecule has 186 valence electrons. The quantitative estimate of drug-likeness (QED) is 0.467. The zero-order chi connectivity index (χ0) is 24.9. The fourth-order valence-electron chi connectivity index (χ4n) is 4.71. The number of hydrogen-bond donors (Lipinski definition) is 1. The van der Waals surface area contributed by atoms with Gasteiger partial charge in [0.2, 0.25) is 17.4 Å². The number of Topliss-reactive ketones (excluding diaryl/α,β-unsaturated/α-hetero) is 1. The molecule has 3 aromatic rings. The van der Waals surface area contributed by atoms with E-state index in [0.29, 0.717) is 37.3 Å². The lowest BCUT2D eigenvalue weighted by Crippen LogP contribution is -2.43. The summed E-state index contributed by atoms with van der Waals surface area (Å²) in [7, 11) is 0. The monoisotopic (exact) mass is 487 g/mol. The van der Waals surface area contributed by atoms with Gasteiger partial charge in [-0.3, -0.25) is 9.59 Å². The van der Waals surface area contributed by atoms with E-state index in [4.69, 9.17) is 18.9 Å². The highest BCUT2D eigenvalue weighted by Gasteiger charge is 2.41. The van der Waals surface area contributed by atoms with Gasteiger partial charge in [-0.15, -0.1) is 0 Å². The van der Waals surface area contributed by atoms with Crippen LogP contribution in [0.5, 0.6) is 11.5 Å². The minimum atomic E-state index is -0.283. The van der Waals surface area contributed by atoms with Gasteiger partial charge in [-0.1, -0.05) is 30.3 Å². The van der Waals surface area contributed by atoms with Crippen molar-refractivity contribution < 1.29 is 28.5 Å². The second-order valence-electron chi connectivity index (χ2n) is 8.99. The molecule has 0 spiro atoms. The molecule has 0 radical (unpaired) electrons. The van der Waals surface area contributed by atoms with Crippen LogP contribution in [0.4, 0.5) is 5.69 Å². The van der Waals surface area contributed by atoms with Crippen molar-refractivity contribution in [1.29, 1.82) is 0 Å². The van der Waals surface area contributed by atoms with E-state index in [1.807, 2.05) is 61.5 Å². The largest absolute Gasteiger partial charge is 0.494 e. The Morgan fingerprint density at radius 2 is 1.78 bits per heavy atom. The zero-order valence-corrected chi connectivity index (χ0v) is 20.1. The van der Waals surface area contributed by atoms with Crippen molar-refractivity contribution in [3.63, 3.8) is 0 Å². The second-order valence-corrected chi connectivity index (χ2v) is 8.99. The number of allylic oxidation sites excluding steroid dienone is 1. The van der Waals surface area contributed by atoms with Crippen molar-refractivity contribution >= 4 is 28.2 Å². The third-order valence-corrected chi connectivity index (χ3v) is 6.52. The van der Waals surface area contributed by atoms with Crippen LogP contribution >= 0.6 is 0 Å². The molecular weight excluding hydrogens is 458 g/mol. The molecule has 2 aliphatic rings. The van der Waals surface area contributed by atoms with Gasteiger partial charge in [0, 0.05) is 12.1 Å². The van der Waals surface area contributed by atoms with Gasteiger partial charge in [-0.05, 0) is 66.9 Å². The number of ether oxygens (including phenoxy) is 4. The Labute approximate surface area is 210 Å². The Kier molecular flexibility index (Phi) is 7.18. The molecule has 0 saturated heterocycles. The molecule has 1 aliphatic heterocycles. The lowest BCUT2D eigenvalue weighted by molar-refractivity contribution is -0.136. The standard InChI is InChI=1S/C29H29NO6/c1-2-33-22-11-8-21(9-12-22)30-28(31)18-34-23-13-14-25-26(16-23)35-17-27(29(25)32)36-24-10-7-19-5-3-4-6-20(19)15-24/h3-12,15,17,23,25-26H,2,13-14,16,18H2,1H3,(H,30,31). The predicted octanol–water partition coefficient (Wildman–Crippen LogP) is 5.25. The first kappa shape index (κ1) is 23.9. The van der Waals surface area contributed by atoms with Crippen LogP contribution in [0.15, 0.2) is 78.8 Å². The van der Waals surface area contributed by atoms with Crippen LogP contribution in [-0.4, -0.2) is 37.1 Å². The summed E-state index contributed by atoms with van der Waals surface area (Å²) in [6.07, 6.45) is 2.82. The average Bonchev–Trinajstić information content (AvgIpc) is 2.90. The molecule has 36 heavy (non-hydrogen) atoms. The van der Waals surface area contributed by atoms with Crippen LogP contribution < -0.4 is 14.8 Å². The molecule has 5 rings (SSSR count). The number of hydrogen-bond acceptors (Lipinski definition) is 6. The number of amides is 1. The topological polar surface area (TPSA) is 83.1 Å². The van der Waals surface area contributed by atoms with E-state index in [1.165, 1.54) is 6.26 Å². The van der Waals surface area contributed by atoms with Crippen molar-refractivity contribution in [3.05, 3.63) is 78.8 Å². The van der Waals surface area contributed by atoms with Gasteiger partial charge in [-0.2, -0.15) is 0 Å². The molecule has 1 saturated carbocycles. The number of rotatable bonds is 8. The summed E-state index contributed by atoms with van der Waals surface area (Å²) < 4.78 is 23.0. The molecule has 1 N–H and O–H groups in total. The van der Waals surface area contributed by atoms with Crippen molar-refractivity contribution in [2.45, 2.75) is 38.4 Å². The first-order chi connectivity index (χ1) is 17.6. The number of carbonyl (C=O) groups excluding carboxylic acids is 2. The molecule has 0 aromatic heterocycles. The summed E-state index contributed by atoms with van der Waals surface area (Å²) in [5.41, 5.74) is 0.682. The van der Waals surface area contributed by atoms with Crippen LogP contribution in [0.2, 0.25) is 0 Å². The lowest BCUT2D eigenvalue weighted by atomic mass is 9.80. The van der Waals surface area contributed by atoms with Crippen molar-refractivity contribution in [2.24, 2.45) is 5.92 Å². The smallest absolute Gasteiger partial charge is 0.250 e. The Hall–Kier alpha value is -3.84. The first-order valence-electron chi connectivity index (χ1n) is 12.3. The maximum atomic E-state index is 13.1. The Balaban J connectivity index is 1.12. The molecular formula is C29H29NO6. The number of fused-ring (bicyclic) bond motifs is 2. The third kappa shape index (κ3) is 5.52. The second kappa shape index (κ2) is 10.8. The molecule has 7 nitrogen and oxygen atoms in total. The van der Waals surface area contributed by atoms with E-state index in [2.05, 4.69) is 5.32 Å². The van der Waals surface area contributed by atoms with Gasteiger partial charge in [0.15, 0.2) is 0 Å². The van der Waals surface area contributed by atoms with Gasteiger partial charge >= 0.3 is 0 Å². The molecule has 3 atom stereocenters. The third-order valence-electron chi connectivity index (χ3n) is 6.52. The van der Waals surface area contributed by atoms with E-state index in [1.54, 1.807) is 12.1 Å². The summed E-state index contributed by atoms with van der Waals surface area (Å²) >= 11 is 0. The molecule has 1 heterocycles. The van der Waals surface area contributed by atoms with Crippen molar-refractivity contribution in [2.75, 3.05) is 18.5 Å². The minimum Gasteiger partial charge on any atom is -0.494 e. The normalized spacial score (nSPS) is 21.2. The fourth-order valence-corrected chi connectivity index (χ4v) is 4.71. The van der Waals surface area contributed by atoms with Crippen LogP contribution in [-0.2, 0) is 19.1 Å². The van der Waals surface area contributed by atoms with Gasteiger partial charge in [-0.25, -0.2) is 0 Å². The highest BCUT2D eigenvalue weighted by Crippen LogP contribution is 2.35. The minimum absolute atomic E-state index is 0.0499. The maximum absolute atomic E-state index is 13.1. The van der Waals surface area contributed by atoms with Gasteiger partial charge in [0.05, 0.1) is 18.6 Å². The van der Waals surface area contributed by atoms with Crippen LogP contribution in [0.25, 0.3) is 10.8 Å². The zero-order valence-electron chi connectivity index (χ0n) is 20.1. The molecule has 0 bridgehead atoms. The fraction of sp³-hybridized carbons (Fsp3) is 0.310. The predicted molar refractivity (Wildman–Crippen MR) is 136 cm³/mol. The first-order valence-corrected chi connectivity index (χ1v) is 12.3. The van der Waals surface area contributed by atoms with E-state index in [0.717, 1.165) is 16.5 Å². The van der Waals surface area contributed by atoms with E-state index in [9.17, 15) is 9.59 Å². The molecule has 3 unspecified atom stereocenters. The SMILES string of the molecule is CCOc1ccc(NC(=O)COC2CCC3C(=O)C(Oc4ccc5ccccc5c4)=COC3C2)cc1. The van der Waals surface area contributed by atoms with Crippen molar-refractivity contribution in [1.82, 2.24) is 0 Å². The van der Waals surface area contributed by atoms with Gasteiger partial charge in [0.1, 0.15) is 30.5 Å². The summed E-state index contributed by atoms with van der Waals surface area (Å²) in [5.74, 6) is 1.03. The highest BCUT2D eigenvalue weighted by molar-refractivity contribution is 5.97. The summed E-state index contributed by atoms with van der Waals surface area (Å²) in [5, 5.41) is 4.97.